The van der Waals surface area contributed by atoms with E-state index in [1.165, 1.54) is 0 Å². The predicted molar refractivity (Wildman–Crippen MR) is 118 cm³/mol. The standard InChI is InChI=1S/C22H26N4O3S/c1-24-10-3-6-18(24)19-7-4-11-25(19)20(27)15-8-9-16-17(14-15)23-22(30)26(21(16)28)12-5-13-29-2/h3,6,8-10,14,19H,4-5,7,11-13H2,1-2H3,(H,23,30). The van der Waals surface area contributed by atoms with Gasteiger partial charge < -0.3 is 19.2 Å². The first-order valence-corrected chi connectivity index (χ1v) is 10.6. The number of likely N-dealkylation sites (tertiary alicyclic amines) is 1. The summed E-state index contributed by atoms with van der Waals surface area (Å²) in [6, 6.07) is 9.35. The van der Waals surface area contributed by atoms with Gasteiger partial charge in [0, 0.05) is 51.3 Å². The zero-order valence-corrected chi connectivity index (χ0v) is 18.1. The number of carbonyl (C=O) groups excluding carboxylic acids is 1. The van der Waals surface area contributed by atoms with Crippen molar-refractivity contribution >= 4 is 29.0 Å². The lowest BCUT2D eigenvalue weighted by Crippen LogP contribution is -2.31. The lowest BCUT2D eigenvalue weighted by molar-refractivity contribution is 0.0731. The van der Waals surface area contributed by atoms with Crippen LogP contribution in [0.1, 0.15) is 41.4 Å². The van der Waals surface area contributed by atoms with E-state index in [9.17, 15) is 9.59 Å². The number of rotatable bonds is 6. The van der Waals surface area contributed by atoms with Crippen molar-refractivity contribution in [2.75, 3.05) is 20.3 Å². The Balaban J connectivity index is 1.66. The summed E-state index contributed by atoms with van der Waals surface area (Å²) in [7, 11) is 3.63. The van der Waals surface area contributed by atoms with Crippen molar-refractivity contribution in [1.82, 2.24) is 19.0 Å². The molecule has 158 valence electrons. The molecule has 1 atom stereocenters. The molecule has 0 saturated carbocycles. The monoisotopic (exact) mass is 426 g/mol. The van der Waals surface area contributed by atoms with E-state index in [4.69, 9.17) is 17.0 Å². The van der Waals surface area contributed by atoms with Gasteiger partial charge in [0.25, 0.3) is 11.5 Å². The number of ether oxygens (including phenoxy) is 1. The topological polar surface area (TPSA) is 72.3 Å². The molecule has 8 heteroatoms. The van der Waals surface area contributed by atoms with Crippen LogP contribution in [0.15, 0.2) is 41.3 Å². The fourth-order valence-corrected chi connectivity index (χ4v) is 4.55. The first-order valence-electron chi connectivity index (χ1n) is 10.2. The minimum absolute atomic E-state index is 0.0239. The maximum atomic E-state index is 13.3. The smallest absolute Gasteiger partial charge is 0.262 e. The van der Waals surface area contributed by atoms with Crippen molar-refractivity contribution in [3.8, 4) is 0 Å². The summed E-state index contributed by atoms with van der Waals surface area (Å²) in [5.41, 5.74) is 2.14. The van der Waals surface area contributed by atoms with Gasteiger partial charge in [-0.1, -0.05) is 0 Å². The maximum Gasteiger partial charge on any atom is 0.262 e. The van der Waals surface area contributed by atoms with Crippen LogP contribution in [0.3, 0.4) is 0 Å². The fraction of sp³-hybridized carbons (Fsp3) is 0.409. The molecule has 4 rings (SSSR count). The molecule has 1 saturated heterocycles. The number of H-pyrrole nitrogens is 1. The van der Waals surface area contributed by atoms with Crippen molar-refractivity contribution in [2.45, 2.75) is 31.8 Å². The Kier molecular flexibility index (Phi) is 5.87. The van der Waals surface area contributed by atoms with E-state index in [-0.39, 0.29) is 17.5 Å². The number of amides is 1. The first-order chi connectivity index (χ1) is 14.5. The zero-order valence-electron chi connectivity index (χ0n) is 17.3. The summed E-state index contributed by atoms with van der Waals surface area (Å²) in [4.78, 5) is 31.2. The van der Waals surface area contributed by atoms with Crippen LogP contribution in [0.2, 0.25) is 0 Å². The molecular weight excluding hydrogens is 400 g/mol. The summed E-state index contributed by atoms with van der Waals surface area (Å²) in [5.74, 6) is -0.0239. The number of benzene rings is 1. The third kappa shape index (κ3) is 3.73. The van der Waals surface area contributed by atoms with E-state index in [1.807, 2.05) is 24.2 Å². The quantitative estimate of drug-likeness (QED) is 0.484. The summed E-state index contributed by atoms with van der Waals surface area (Å²) >= 11 is 5.39. The molecule has 3 heterocycles. The average molecular weight is 427 g/mol. The van der Waals surface area contributed by atoms with Gasteiger partial charge in [-0.2, -0.15) is 0 Å². The average Bonchev–Trinajstić information content (AvgIpc) is 3.38. The van der Waals surface area contributed by atoms with Crippen molar-refractivity contribution < 1.29 is 9.53 Å². The van der Waals surface area contributed by atoms with Crippen molar-refractivity contribution in [3.63, 3.8) is 0 Å². The van der Waals surface area contributed by atoms with Gasteiger partial charge in [-0.25, -0.2) is 0 Å². The molecule has 30 heavy (non-hydrogen) atoms. The molecule has 1 unspecified atom stereocenters. The molecule has 0 spiro atoms. The van der Waals surface area contributed by atoms with Gasteiger partial charge in [-0.15, -0.1) is 0 Å². The fourth-order valence-electron chi connectivity index (χ4n) is 4.26. The Morgan fingerprint density at radius 1 is 1.33 bits per heavy atom. The molecule has 1 aliphatic rings. The minimum atomic E-state index is -0.147. The second-order valence-corrected chi connectivity index (χ2v) is 8.08. The van der Waals surface area contributed by atoms with Gasteiger partial charge in [-0.3, -0.25) is 14.2 Å². The highest BCUT2D eigenvalue weighted by Gasteiger charge is 2.32. The van der Waals surface area contributed by atoms with Crippen molar-refractivity contribution in [1.29, 1.82) is 0 Å². The van der Waals surface area contributed by atoms with Crippen LogP contribution in [-0.2, 0) is 18.3 Å². The van der Waals surface area contributed by atoms with E-state index in [1.54, 1.807) is 29.9 Å². The normalized spacial score (nSPS) is 16.5. The highest BCUT2D eigenvalue weighted by Crippen LogP contribution is 2.33. The summed E-state index contributed by atoms with van der Waals surface area (Å²) in [6.45, 7) is 1.78. The molecular formula is C22H26N4O3S. The van der Waals surface area contributed by atoms with Crippen molar-refractivity contribution in [2.24, 2.45) is 7.05 Å². The van der Waals surface area contributed by atoms with E-state index in [2.05, 4.69) is 15.6 Å². The Morgan fingerprint density at radius 3 is 2.90 bits per heavy atom. The van der Waals surface area contributed by atoms with E-state index in [0.29, 0.717) is 40.8 Å². The van der Waals surface area contributed by atoms with Crippen LogP contribution >= 0.6 is 12.2 Å². The number of nitrogens with one attached hydrogen (secondary N) is 1. The molecule has 7 nitrogen and oxygen atoms in total. The van der Waals surface area contributed by atoms with Crippen LogP contribution in [0.4, 0.5) is 0 Å². The van der Waals surface area contributed by atoms with Gasteiger partial charge in [0.1, 0.15) is 0 Å². The number of hydrogen-bond donors (Lipinski definition) is 1. The van der Waals surface area contributed by atoms with Crippen molar-refractivity contribution in [3.05, 3.63) is 62.9 Å². The Hall–Kier alpha value is -2.71. The maximum absolute atomic E-state index is 13.3. The summed E-state index contributed by atoms with van der Waals surface area (Å²) in [5, 5.41) is 0.526. The number of aromatic nitrogens is 3. The molecule has 1 N–H and O–H groups in total. The van der Waals surface area contributed by atoms with Crippen LogP contribution in [0.25, 0.3) is 10.9 Å². The SMILES string of the molecule is COCCCn1c(=S)[nH]c2cc(C(=O)N3CCCC3c3cccn3C)ccc2c1=O. The number of hydrogen-bond acceptors (Lipinski definition) is 4. The lowest BCUT2D eigenvalue weighted by atomic mass is 10.1. The molecule has 1 aliphatic heterocycles. The largest absolute Gasteiger partial charge is 0.385 e. The summed E-state index contributed by atoms with van der Waals surface area (Å²) < 4.78 is 9.03. The van der Waals surface area contributed by atoms with Gasteiger partial charge in [0.05, 0.1) is 16.9 Å². The number of methoxy groups -OCH3 is 1. The number of aryl methyl sites for hydroxylation is 1. The molecule has 2 aromatic heterocycles. The van der Waals surface area contributed by atoms with Gasteiger partial charge in [0.15, 0.2) is 4.77 Å². The van der Waals surface area contributed by atoms with Crippen LogP contribution in [0.5, 0.6) is 0 Å². The molecule has 1 aromatic carbocycles. The Morgan fingerprint density at radius 2 is 2.17 bits per heavy atom. The van der Waals surface area contributed by atoms with Gasteiger partial charge in [0.2, 0.25) is 0 Å². The lowest BCUT2D eigenvalue weighted by Gasteiger charge is -2.25. The first kappa shape index (κ1) is 20.6. The number of fused-ring (bicyclic) bond motifs is 1. The van der Waals surface area contributed by atoms with Crippen LogP contribution in [0, 0.1) is 4.77 Å². The van der Waals surface area contributed by atoms with Crippen LogP contribution < -0.4 is 5.56 Å². The van der Waals surface area contributed by atoms with Gasteiger partial charge >= 0.3 is 0 Å². The molecule has 0 bridgehead atoms. The molecule has 0 aliphatic carbocycles. The third-order valence-electron chi connectivity index (χ3n) is 5.80. The van der Waals surface area contributed by atoms with Gasteiger partial charge in [-0.05, 0) is 61.8 Å². The second kappa shape index (κ2) is 8.57. The molecule has 1 fully saturated rings. The predicted octanol–water partition coefficient (Wildman–Crippen LogP) is 3.41. The molecule has 0 radical (unpaired) electrons. The Bertz CT molecular complexity index is 1190. The minimum Gasteiger partial charge on any atom is -0.385 e. The number of nitrogens with zero attached hydrogens (tertiary/aromatic N) is 3. The molecule has 3 aromatic rings. The Labute approximate surface area is 179 Å². The summed E-state index contributed by atoms with van der Waals surface area (Å²) in [6.07, 6.45) is 4.63. The third-order valence-corrected chi connectivity index (χ3v) is 6.12. The number of carbonyl (C=O) groups is 1. The second-order valence-electron chi connectivity index (χ2n) is 7.69. The molecule has 1 amide bonds. The highest BCUT2D eigenvalue weighted by atomic mass is 32.1. The van der Waals surface area contributed by atoms with Crippen LogP contribution in [-0.4, -0.2) is 45.2 Å². The van der Waals surface area contributed by atoms with E-state index >= 15 is 0 Å². The van der Waals surface area contributed by atoms with E-state index in [0.717, 1.165) is 25.1 Å². The zero-order chi connectivity index (χ0) is 21.3. The highest BCUT2D eigenvalue weighted by molar-refractivity contribution is 7.71. The van der Waals surface area contributed by atoms with E-state index < -0.39 is 0 Å². The number of aromatic amines is 1.